The van der Waals surface area contributed by atoms with Crippen LogP contribution in [-0.2, 0) is 18.9 Å². The molecule has 3 atom stereocenters. The van der Waals surface area contributed by atoms with Gasteiger partial charge in [-0.05, 0) is 46.0 Å². The molecule has 2 aliphatic rings. The summed E-state index contributed by atoms with van der Waals surface area (Å²) in [6.45, 7) is 20.8. The van der Waals surface area contributed by atoms with Crippen molar-refractivity contribution in [2.24, 2.45) is 16.7 Å². The van der Waals surface area contributed by atoms with Crippen molar-refractivity contribution in [1.29, 1.82) is 0 Å². The topological polar surface area (TPSA) is 36.9 Å². The lowest BCUT2D eigenvalue weighted by atomic mass is 9.73. The van der Waals surface area contributed by atoms with E-state index >= 15 is 0 Å². The Bertz CT molecular complexity index is 446. The van der Waals surface area contributed by atoms with Crippen LogP contribution in [-0.4, -0.2) is 50.8 Å². The Hall–Kier alpha value is -0.160. The van der Waals surface area contributed by atoms with E-state index in [1.165, 1.54) is 6.42 Å². The van der Waals surface area contributed by atoms with E-state index in [0.29, 0.717) is 11.3 Å². The predicted octanol–water partition coefficient (Wildman–Crippen LogP) is 5.24. The molecular weight excluding hydrogens is 340 g/mol. The molecule has 0 N–H and O–H groups in total. The standard InChI is InChI=1S/C23H44O4/c1-8-20(6,13-22(10-3)14-24-15-22)26-12-19(5)21(7,9-2)27-18-23(11-4)16-25-17-23/h19H,8-18H2,1-7H3. The molecule has 2 rings (SSSR count). The van der Waals surface area contributed by atoms with E-state index in [9.17, 15) is 0 Å². The van der Waals surface area contributed by atoms with Gasteiger partial charge in [-0.2, -0.15) is 0 Å². The Labute approximate surface area is 167 Å². The van der Waals surface area contributed by atoms with Gasteiger partial charge in [0.2, 0.25) is 0 Å². The van der Waals surface area contributed by atoms with Gasteiger partial charge in [0.25, 0.3) is 0 Å². The Morgan fingerprint density at radius 3 is 1.78 bits per heavy atom. The molecule has 0 radical (unpaired) electrons. The van der Waals surface area contributed by atoms with E-state index in [4.69, 9.17) is 18.9 Å². The first kappa shape index (κ1) is 23.1. The second-order valence-corrected chi connectivity index (χ2v) is 9.84. The molecule has 0 saturated carbocycles. The fourth-order valence-corrected chi connectivity index (χ4v) is 4.09. The van der Waals surface area contributed by atoms with Gasteiger partial charge in [-0.1, -0.05) is 34.6 Å². The van der Waals surface area contributed by atoms with Gasteiger partial charge < -0.3 is 18.9 Å². The summed E-state index contributed by atoms with van der Waals surface area (Å²) in [6.07, 6.45) is 5.39. The smallest absolute Gasteiger partial charge is 0.0699 e. The Morgan fingerprint density at radius 2 is 1.41 bits per heavy atom. The van der Waals surface area contributed by atoms with Crippen LogP contribution in [0.2, 0.25) is 0 Å². The van der Waals surface area contributed by atoms with E-state index < -0.39 is 0 Å². The number of hydrogen-bond donors (Lipinski definition) is 0. The van der Waals surface area contributed by atoms with Crippen LogP contribution in [0.1, 0.15) is 80.6 Å². The number of hydrogen-bond acceptors (Lipinski definition) is 4. The second kappa shape index (κ2) is 9.11. The summed E-state index contributed by atoms with van der Waals surface area (Å²) in [7, 11) is 0. The maximum atomic E-state index is 6.56. The lowest BCUT2D eigenvalue weighted by Crippen LogP contribution is -2.51. The molecule has 4 nitrogen and oxygen atoms in total. The monoisotopic (exact) mass is 384 g/mol. The van der Waals surface area contributed by atoms with E-state index in [2.05, 4.69) is 48.5 Å². The van der Waals surface area contributed by atoms with Crippen LogP contribution in [0.5, 0.6) is 0 Å². The maximum Gasteiger partial charge on any atom is 0.0699 e. The molecule has 0 amide bonds. The third-order valence-electron chi connectivity index (χ3n) is 7.76. The minimum absolute atomic E-state index is 0.0881. The summed E-state index contributed by atoms with van der Waals surface area (Å²) in [4.78, 5) is 0. The van der Waals surface area contributed by atoms with E-state index in [0.717, 1.165) is 65.3 Å². The highest BCUT2D eigenvalue weighted by atomic mass is 16.5. The zero-order chi connectivity index (χ0) is 20.2. The fraction of sp³-hybridized carbons (Fsp3) is 1.00. The van der Waals surface area contributed by atoms with Gasteiger partial charge in [-0.3, -0.25) is 0 Å². The molecule has 4 heteroatoms. The zero-order valence-electron chi connectivity index (χ0n) is 19.0. The van der Waals surface area contributed by atoms with Crippen molar-refractivity contribution in [2.75, 3.05) is 39.6 Å². The van der Waals surface area contributed by atoms with Gasteiger partial charge in [0.1, 0.15) is 0 Å². The van der Waals surface area contributed by atoms with Gasteiger partial charge in [-0.15, -0.1) is 0 Å². The summed E-state index contributed by atoms with van der Waals surface area (Å²) < 4.78 is 24.0. The highest BCUT2D eigenvalue weighted by Gasteiger charge is 2.44. The second-order valence-electron chi connectivity index (χ2n) is 9.84. The highest BCUT2D eigenvalue weighted by molar-refractivity contribution is 4.93. The summed E-state index contributed by atoms with van der Waals surface area (Å²) in [5.74, 6) is 0.346. The lowest BCUT2D eigenvalue weighted by molar-refractivity contribution is -0.200. The van der Waals surface area contributed by atoms with Gasteiger partial charge >= 0.3 is 0 Å². The highest BCUT2D eigenvalue weighted by Crippen LogP contribution is 2.42. The lowest BCUT2D eigenvalue weighted by Gasteiger charge is -2.47. The van der Waals surface area contributed by atoms with Crippen molar-refractivity contribution in [3.05, 3.63) is 0 Å². The first-order valence-electron chi connectivity index (χ1n) is 11.1. The molecule has 3 unspecified atom stereocenters. The van der Waals surface area contributed by atoms with Crippen LogP contribution in [0.25, 0.3) is 0 Å². The average molecular weight is 385 g/mol. The van der Waals surface area contributed by atoms with Gasteiger partial charge in [0.05, 0.1) is 50.8 Å². The molecule has 0 spiro atoms. The number of rotatable bonds is 13. The van der Waals surface area contributed by atoms with Crippen molar-refractivity contribution in [2.45, 2.75) is 91.8 Å². The maximum absolute atomic E-state index is 6.56. The predicted molar refractivity (Wildman–Crippen MR) is 110 cm³/mol. The summed E-state index contributed by atoms with van der Waals surface area (Å²) >= 11 is 0. The molecular formula is C23H44O4. The molecule has 0 aromatic carbocycles. The SMILES string of the molecule is CCC1(COC(C)(CC)C(C)COC(C)(CC)CC2(CC)COC2)COC1. The molecule has 2 aliphatic heterocycles. The fourth-order valence-electron chi connectivity index (χ4n) is 4.09. The third-order valence-corrected chi connectivity index (χ3v) is 7.76. The average Bonchev–Trinajstić information content (AvgIpc) is 2.62. The van der Waals surface area contributed by atoms with E-state index in [1.807, 2.05) is 0 Å². The van der Waals surface area contributed by atoms with Gasteiger partial charge in [-0.25, -0.2) is 0 Å². The molecule has 27 heavy (non-hydrogen) atoms. The minimum Gasteiger partial charge on any atom is -0.380 e. The molecule has 0 aromatic heterocycles. The van der Waals surface area contributed by atoms with E-state index in [1.54, 1.807) is 0 Å². The van der Waals surface area contributed by atoms with Crippen LogP contribution in [0.3, 0.4) is 0 Å². The van der Waals surface area contributed by atoms with Crippen molar-refractivity contribution >= 4 is 0 Å². The van der Waals surface area contributed by atoms with Crippen LogP contribution >= 0.6 is 0 Å². The first-order chi connectivity index (χ1) is 12.7. The Balaban J connectivity index is 1.90. The zero-order valence-corrected chi connectivity index (χ0v) is 19.0. The third kappa shape index (κ3) is 5.26. The number of ether oxygens (including phenoxy) is 4. The molecule has 0 aliphatic carbocycles. The Morgan fingerprint density at radius 1 is 0.852 bits per heavy atom. The molecule has 2 heterocycles. The van der Waals surface area contributed by atoms with Crippen molar-refractivity contribution in [3.8, 4) is 0 Å². The van der Waals surface area contributed by atoms with Crippen LogP contribution in [0.15, 0.2) is 0 Å². The normalized spacial score (nSPS) is 26.3. The van der Waals surface area contributed by atoms with E-state index in [-0.39, 0.29) is 16.6 Å². The largest absolute Gasteiger partial charge is 0.380 e. The van der Waals surface area contributed by atoms with Gasteiger partial charge in [0, 0.05) is 16.7 Å². The Kier molecular flexibility index (Phi) is 7.80. The molecule has 0 bridgehead atoms. The summed E-state index contributed by atoms with van der Waals surface area (Å²) in [5.41, 5.74) is 0.298. The first-order valence-corrected chi connectivity index (χ1v) is 11.1. The quantitative estimate of drug-likeness (QED) is 0.435. The molecule has 160 valence electrons. The van der Waals surface area contributed by atoms with Gasteiger partial charge in [0.15, 0.2) is 0 Å². The molecule has 2 saturated heterocycles. The minimum atomic E-state index is -0.158. The van der Waals surface area contributed by atoms with Crippen LogP contribution < -0.4 is 0 Å². The molecule has 2 fully saturated rings. The van der Waals surface area contributed by atoms with Crippen molar-refractivity contribution in [3.63, 3.8) is 0 Å². The van der Waals surface area contributed by atoms with Crippen molar-refractivity contribution in [1.82, 2.24) is 0 Å². The van der Waals surface area contributed by atoms with Crippen LogP contribution in [0.4, 0.5) is 0 Å². The summed E-state index contributed by atoms with van der Waals surface area (Å²) in [5, 5.41) is 0. The summed E-state index contributed by atoms with van der Waals surface area (Å²) in [6, 6.07) is 0. The van der Waals surface area contributed by atoms with Crippen LogP contribution in [0, 0.1) is 16.7 Å². The van der Waals surface area contributed by atoms with Crippen molar-refractivity contribution < 1.29 is 18.9 Å². The molecule has 0 aromatic rings.